The van der Waals surface area contributed by atoms with Crippen molar-refractivity contribution in [2.24, 2.45) is 5.41 Å². The van der Waals surface area contributed by atoms with Crippen molar-refractivity contribution in [2.75, 3.05) is 0 Å². The molecule has 0 spiro atoms. The number of nitrogens with one attached hydrogen (secondary N) is 1. The summed E-state index contributed by atoms with van der Waals surface area (Å²) in [6.07, 6.45) is 10.3. The molecule has 16 heavy (non-hydrogen) atoms. The van der Waals surface area contributed by atoms with Gasteiger partial charge in [0.25, 0.3) is 0 Å². The molecule has 1 saturated carbocycles. The molecule has 0 aromatic rings. The molecule has 1 atom stereocenters. The molecule has 1 fully saturated rings. The van der Waals surface area contributed by atoms with Crippen LogP contribution in [0, 0.1) is 29.1 Å². The molecule has 0 bridgehead atoms. The van der Waals surface area contributed by atoms with Gasteiger partial charge in [0.2, 0.25) is 5.91 Å². The van der Waals surface area contributed by atoms with Crippen molar-refractivity contribution < 1.29 is 4.79 Å². The summed E-state index contributed by atoms with van der Waals surface area (Å²) in [5, 5.41) is 11.9. The average molecular weight is 218 g/mol. The SMILES string of the molecule is C#CC(CCC)NC(=O)C1(C#N)CCCC1. The lowest BCUT2D eigenvalue weighted by Crippen LogP contribution is -2.43. The molecular weight excluding hydrogens is 200 g/mol. The van der Waals surface area contributed by atoms with Crippen LogP contribution in [0.4, 0.5) is 0 Å². The summed E-state index contributed by atoms with van der Waals surface area (Å²) in [5.41, 5.74) is -0.817. The number of nitriles is 1. The lowest BCUT2D eigenvalue weighted by molar-refractivity contribution is -0.128. The highest BCUT2D eigenvalue weighted by Gasteiger charge is 2.41. The van der Waals surface area contributed by atoms with Crippen LogP contribution in [0.3, 0.4) is 0 Å². The number of terminal acetylenes is 1. The summed E-state index contributed by atoms with van der Waals surface area (Å²) in [5.74, 6) is 2.38. The lowest BCUT2D eigenvalue weighted by Gasteiger charge is -2.22. The molecule has 1 aliphatic rings. The van der Waals surface area contributed by atoms with Crippen LogP contribution in [0.1, 0.15) is 45.4 Å². The average Bonchev–Trinajstić information content (AvgIpc) is 2.78. The van der Waals surface area contributed by atoms with E-state index in [1.54, 1.807) is 0 Å². The first-order chi connectivity index (χ1) is 7.68. The van der Waals surface area contributed by atoms with E-state index in [0.29, 0.717) is 12.8 Å². The highest BCUT2D eigenvalue weighted by Crippen LogP contribution is 2.37. The fourth-order valence-corrected chi connectivity index (χ4v) is 2.15. The summed E-state index contributed by atoms with van der Waals surface area (Å²) in [6, 6.07) is 1.94. The quantitative estimate of drug-likeness (QED) is 0.734. The minimum Gasteiger partial charge on any atom is -0.341 e. The third-order valence-electron chi connectivity index (χ3n) is 3.19. The topological polar surface area (TPSA) is 52.9 Å². The molecule has 0 heterocycles. The van der Waals surface area contributed by atoms with Crippen LogP contribution < -0.4 is 5.32 Å². The van der Waals surface area contributed by atoms with Crippen LogP contribution in [0.15, 0.2) is 0 Å². The van der Waals surface area contributed by atoms with Crippen LogP contribution in [-0.2, 0) is 4.79 Å². The first-order valence-electron chi connectivity index (χ1n) is 5.87. The maximum absolute atomic E-state index is 12.0. The van der Waals surface area contributed by atoms with Crippen LogP contribution in [0.2, 0.25) is 0 Å². The van der Waals surface area contributed by atoms with Crippen molar-refractivity contribution in [3.05, 3.63) is 0 Å². The highest BCUT2D eigenvalue weighted by molar-refractivity contribution is 5.86. The number of hydrogen-bond acceptors (Lipinski definition) is 2. The van der Waals surface area contributed by atoms with Crippen molar-refractivity contribution in [1.29, 1.82) is 5.26 Å². The highest BCUT2D eigenvalue weighted by atomic mass is 16.2. The molecule has 86 valence electrons. The fraction of sp³-hybridized carbons (Fsp3) is 0.692. The van der Waals surface area contributed by atoms with E-state index in [9.17, 15) is 4.79 Å². The normalized spacial score (nSPS) is 19.4. The standard InChI is InChI=1S/C13H18N2O/c1-3-7-11(4-2)15-12(16)13(10-14)8-5-6-9-13/h2,11H,3,5-9H2,1H3,(H,15,16). The van der Waals surface area contributed by atoms with E-state index in [1.807, 2.05) is 6.92 Å². The molecule has 0 aromatic heterocycles. The Balaban J connectivity index is 2.64. The van der Waals surface area contributed by atoms with Gasteiger partial charge in [0, 0.05) is 0 Å². The molecule has 0 aromatic carbocycles. The Hall–Kier alpha value is -1.48. The molecule has 3 nitrogen and oxygen atoms in total. The molecule has 0 saturated heterocycles. The van der Waals surface area contributed by atoms with Crippen LogP contribution in [0.25, 0.3) is 0 Å². The molecule has 1 unspecified atom stereocenters. The lowest BCUT2D eigenvalue weighted by atomic mass is 9.86. The van der Waals surface area contributed by atoms with Gasteiger partial charge in [-0.1, -0.05) is 32.1 Å². The van der Waals surface area contributed by atoms with E-state index in [2.05, 4.69) is 17.3 Å². The maximum Gasteiger partial charge on any atom is 0.241 e. The van der Waals surface area contributed by atoms with E-state index in [-0.39, 0.29) is 11.9 Å². The molecular formula is C13H18N2O. The second-order valence-electron chi connectivity index (χ2n) is 4.38. The van der Waals surface area contributed by atoms with Gasteiger partial charge in [-0.05, 0) is 19.3 Å². The predicted octanol–water partition coefficient (Wildman–Crippen LogP) is 1.99. The Morgan fingerprint density at radius 2 is 2.19 bits per heavy atom. The van der Waals surface area contributed by atoms with Gasteiger partial charge in [-0.25, -0.2) is 0 Å². The van der Waals surface area contributed by atoms with Gasteiger partial charge in [0.15, 0.2) is 0 Å². The smallest absolute Gasteiger partial charge is 0.241 e. The Kier molecular flexibility index (Phi) is 4.38. The van der Waals surface area contributed by atoms with Gasteiger partial charge in [-0.3, -0.25) is 4.79 Å². The molecule has 0 radical (unpaired) electrons. The number of amides is 1. The Morgan fingerprint density at radius 3 is 2.62 bits per heavy atom. The molecule has 1 N–H and O–H groups in total. The van der Waals surface area contributed by atoms with Gasteiger partial charge in [0.05, 0.1) is 12.1 Å². The summed E-state index contributed by atoms with van der Waals surface area (Å²) in [7, 11) is 0. The maximum atomic E-state index is 12.0. The molecule has 1 rings (SSSR count). The van der Waals surface area contributed by atoms with Gasteiger partial charge in [0.1, 0.15) is 5.41 Å². The van der Waals surface area contributed by atoms with E-state index in [4.69, 9.17) is 11.7 Å². The fourth-order valence-electron chi connectivity index (χ4n) is 2.15. The summed E-state index contributed by atoms with van der Waals surface area (Å²) >= 11 is 0. The monoisotopic (exact) mass is 218 g/mol. The summed E-state index contributed by atoms with van der Waals surface area (Å²) in [6.45, 7) is 2.02. The summed E-state index contributed by atoms with van der Waals surface area (Å²) in [4.78, 5) is 12.0. The minimum atomic E-state index is -0.817. The summed E-state index contributed by atoms with van der Waals surface area (Å²) < 4.78 is 0. The van der Waals surface area contributed by atoms with Crippen LogP contribution in [0.5, 0.6) is 0 Å². The molecule has 1 aliphatic carbocycles. The third-order valence-corrected chi connectivity index (χ3v) is 3.19. The first kappa shape index (κ1) is 12.6. The largest absolute Gasteiger partial charge is 0.341 e. The van der Waals surface area contributed by atoms with Gasteiger partial charge in [-0.2, -0.15) is 5.26 Å². The van der Waals surface area contributed by atoms with Crippen LogP contribution in [-0.4, -0.2) is 11.9 Å². The first-order valence-corrected chi connectivity index (χ1v) is 5.87. The van der Waals surface area contributed by atoms with Gasteiger partial charge in [-0.15, -0.1) is 6.42 Å². The number of nitrogens with zero attached hydrogens (tertiary/aromatic N) is 1. The zero-order valence-corrected chi connectivity index (χ0v) is 9.75. The van der Waals surface area contributed by atoms with Crippen molar-refractivity contribution in [3.8, 4) is 18.4 Å². The van der Waals surface area contributed by atoms with Crippen LogP contribution >= 0.6 is 0 Å². The zero-order valence-electron chi connectivity index (χ0n) is 9.75. The predicted molar refractivity (Wildman–Crippen MR) is 62.2 cm³/mol. The number of carbonyl (C=O) groups is 1. The Labute approximate surface area is 97.2 Å². The second-order valence-corrected chi connectivity index (χ2v) is 4.38. The van der Waals surface area contributed by atoms with Gasteiger partial charge >= 0.3 is 0 Å². The van der Waals surface area contributed by atoms with Gasteiger partial charge < -0.3 is 5.32 Å². The zero-order chi connectivity index (χ0) is 12.0. The van der Waals surface area contributed by atoms with E-state index < -0.39 is 5.41 Å². The third kappa shape index (κ3) is 2.55. The number of carbonyl (C=O) groups excluding carboxylic acids is 1. The van der Waals surface area contributed by atoms with Crippen molar-refractivity contribution >= 4 is 5.91 Å². The van der Waals surface area contributed by atoms with Crippen molar-refractivity contribution in [3.63, 3.8) is 0 Å². The number of rotatable bonds is 4. The number of hydrogen-bond donors (Lipinski definition) is 1. The minimum absolute atomic E-state index is 0.177. The van der Waals surface area contributed by atoms with Crippen molar-refractivity contribution in [1.82, 2.24) is 5.32 Å². The van der Waals surface area contributed by atoms with Crippen molar-refractivity contribution in [2.45, 2.75) is 51.5 Å². The van der Waals surface area contributed by atoms with E-state index in [0.717, 1.165) is 25.7 Å². The van der Waals surface area contributed by atoms with E-state index >= 15 is 0 Å². The molecule has 0 aliphatic heterocycles. The van der Waals surface area contributed by atoms with E-state index in [1.165, 1.54) is 0 Å². The Morgan fingerprint density at radius 1 is 1.56 bits per heavy atom. The Bertz CT molecular complexity index is 329. The second kappa shape index (κ2) is 5.56. The molecule has 3 heteroatoms. The molecule has 1 amide bonds.